The van der Waals surface area contributed by atoms with Crippen molar-refractivity contribution in [1.29, 1.82) is 0 Å². The normalized spacial score (nSPS) is 13.7. The van der Waals surface area contributed by atoms with Crippen LogP contribution in [0.3, 0.4) is 0 Å². The summed E-state index contributed by atoms with van der Waals surface area (Å²) in [5.74, 6) is -62.1. The van der Waals surface area contributed by atoms with Gasteiger partial charge in [-0.25, -0.2) is 28.8 Å². The molecule has 24 heteroatoms. The van der Waals surface area contributed by atoms with Gasteiger partial charge in [-0.15, -0.1) is 0 Å². The highest BCUT2D eigenvalue weighted by Crippen LogP contribution is 2.64. The summed E-state index contributed by atoms with van der Waals surface area (Å²) in [6.07, 6.45) is -2.36. The van der Waals surface area contributed by atoms with Crippen LogP contribution in [0.25, 0.3) is 0 Å². The van der Waals surface area contributed by atoms with Crippen molar-refractivity contribution in [2.24, 2.45) is 11.3 Å². The molecule has 0 radical (unpaired) electrons. The van der Waals surface area contributed by atoms with E-state index in [1.165, 1.54) is 0 Å². The predicted molar refractivity (Wildman–Crippen MR) is 161 cm³/mol. The van der Waals surface area contributed by atoms with Crippen molar-refractivity contribution in [3.8, 4) is 0 Å². The van der Waals surface area contributed by atoms with E-state index in [1.54, 1.807) is 0 Å². The number of ether oxygens (including phenoxy) is 6. The Morgan fingerprint density at radius 2 is 0.696 bits per heavy atom. The maximum atomic E-state index is 16.0. The van der Waals surface area contributed by atoms with Gasteiger partial charge in [0.2, 0.25) is 0 Å². The van der Waals surface area contributed by atoms with Gasteiger partial charge in [0.1, 0.15) is 50.5 Å². The Hall–Kier alpha value is -5.58. The molecule has 0 fully saturated rings. The van der Waals surface area contributed by atoms with Crippen LogP contribution in [0.1, 0.15) is 0 Å². The molecule has 2 unspecified atom stereocenters. The van der Waals surface area contributed by atoms with Crippen molar-refractivity contribution in [3.63, 3.8) is 0 Å². The molecule has 0 aliphatic carbocycles. The molecule has 0 aliphatic rings. The van der Waals surface area contributed by atoms with Crippen LogP contribution in [-0.4, -0.2) is 110 Å². The van der Waals surface area contributed by atoms with E-state index in [1.807, 2.05) is 0 Å². The van der Waals surface area contributed by atoms with Crippen molar-refractivity contribution in [1.82, 2.24) is 0 Å². The smallest absolute Gasteiger partial charge is 0.384 e. The molecule has 0 spiro atoms. The molecule has 0 saturated heterocycles. The number of esters is 6. The van der Waals surface area contributed by atoms with Crippen LogP contribution in [0.2, 0.25) is 0 Å². The molecule has 0 rings (SSSR count). The second-order valence-corrected chi connectivity index (χ2v) is 10.7. The monoisotopic (exact) mass is 834 g/mol. The molecule has 0 aromatic heterocycles. The molecule has 2 atom stereocenters. The largest absolute Gasteiger partial charge is 0.462 e. The van der Waals surface area contributed by atoms with Crippen LogP contribution in [0.5, 0.6) is 0 Å². The first-order valence-corrected chi connectivity index (χ1v) is 14.6. The van der Waals surface area contributed by atoms with Gasteiger partial charge in [0, 0.05) is 36.5 Å². The van der Waals surface area contributed by atoms with Crippen molar-refractivity contribution < 1.29 is 110 Å². The molecule has 0 aromatic rings. The molecule has 0 N–H and O–H groups in total. The fourth-order valence-electron chi connectivity index (χ4n) is 3.90. The summed E-state index contributed by atoms with van der Waals surface area (Å²) in [7, 11) is 0. The molecule has 0 saturated carbocycles. The molecular formula is C32H30F12O12. The Kier molecular flexibility index (Phi) is 17.4. The van der Waals surface area contributed by atoms with Gasteiger partial charge in [-0.2, -0.15) is 52.7 Å². The number of rotatable bonds is 25. The summed E-state index contributed by atoms with van der Waals surface area (Å²) < 4.78 is 212. The van der Waals surface area contributed by atoms with Gasteiger partial charge >= 0.3 is 71.4 Å². The average Bonchev–Trinajstić information content (AvgIpc) is 3.14. The lowest BCUT2D eigenvalue weighted by Crippen LogP contribution is -2.75. The van der Waals surface area contributed by atoms with Gasteiger partial charge in [-0.05, 0) is 0 Å². The molecule has 0 heterocycles. The highest BCUT2D eigenvalue weighted by Gasteiger charge is 2.92. The fraction of sp³-hybridized carbons (Fsp3) is 0.438. The molecule has 56 heavy (non-hydrogen) atoms. The van der Waals surface area contributed by atoms with Crippen molar-refractivity contribution in [2.45, 2.75) is 41.6 Å². The van der Waals surface area contributed by atoms with Crippen LogP contribution in [0.4, 0.5) is 52.7 Å². The summed E-state index contributed by atoms with van der Waals surface area (Å²) in [6.45, 7) is 5.15. The first kappa shape index (κ1) is 50.4. The van der Waals surface area contributed by atoms with Crippen LogP contribution in [0.15, 0.2) is 75.9 Å². The highest BCUT2D eigenvalue weighted by atomic mass is 19.4. The molecule has 0 amide bonds. The second-order valence-electron chi connectivity index (χ2n) is 10.7. The number of carbonyl (C=O) groups is 6. The topological polar surface area (TPSA) is 158 Å². The van der Waals surface area contributed by atoms with Crippen molar-refractivity contribution in [2.75, 3.05) is 33.0 Å². The maximum absolute atomic E-state index is 16.0. The van der Waals surface area contributed by atoms with Gasteiger partial charge in [0.25, 0.3) is 0 Å². The lowest BCUT2D eigenvalue weighted by molar-refractivity contribution is -0.442. The van der Waals surface area contributed by atoms with Crippen LogP contribution < -0.4 is 0 Å². The van der Waals surface area contributed by atoms with E-state index in [9.17, 15) is 28.8 Å². The Labute approximate surface area is 308 Å². The lowest BCUT2D eigenvalue weighted by atomic mass is 9.75. The maximum Gasteiger partial charge on any atom is 0.384 e. The average molecular weight is 835 g/mol. The van der Waals surface area contributed by atoms with E-state index in [2.05, 4.69) is 67.9 Å². The van der Waals surface area contributed by atoms with E-state index < -0.39 is 122 Å². The summed E-state index contributed by atoms with van der Waals surface area (Å²) in [5, 5.41) is 0. The summed E-state index contributed by atoms with van der Waals surface area (Å²) >= 11 is 0. The van der Waals surface area contributed by atoms with E-state index in [-0.39, 0.29) is 36.5 Å². The second kappa shape index (κ2) is 19.3. The molecule has 12 nitrogen and oxygen atoms in total. The van der Waals surface area contributed by atoms with E-state index in [0.717, 1.165) is 0 Å². The van der Waals surface area contributed by atoms with Gasteiger partial charge in [-0.3, -0.25) is 0 Å². The minimum absolute atomic E-state index is 0.105. The van der Waals surface area contributed by atoms with E-state index >= 15 is 52.7 Å². The summed E-state index contributed by atoms with van der Waals surface area (Å²) in [5.41, 5.74) is -4.68. The highest BCUT2D eigenvalue weighted by molar-refractivity contribution is 5.83. The molecular weight excluding hydrogens is 804 g/mol. The third-order valence-corrected chi connectivity index (χ3v) is 7.11. The molecule has 0 aliphatic heterocycles. The lowest BCUT2D eigenvalue weighted by Gasteiger charge is -2.47. The van der Waals surface area contributed by atoms with Crippen molar-refractivity contribution >= 4 is 35.8 Å². The number of hydrogen-bond acceptors (Lipinski definition) is 12. The third-order valence-electron chi connectivity index (χ3n) is 7.11. The zero-order valence-corrected chi connectivity index (χ0v) is 28.3. The Morgan fingerprint density at radius 1 is 0.411 bits per heavy atom. The first-order chi connectivity index (χ1) is 25.5. The van der Waals surface area contributed by atoms with Gasteiger partial charge < -0.3 is 28.4 Å². The SMILES string of the molecule is C=CC(=O)OCC(OC(=O)C=C)C(COC(=O)C=C)C(F)(F)C(F)(F)C(F)(F)C(F)(F)C(F)(F)C(F)(F)C(COC(=O)C=C)(COC(=O)C=C)COC(=O)C=C. The third kappa shape index (κ3) is 10.4. The molecule has 0 aromatic carbocycles. The zero-order valence-electron chi connectivity index (χ0n) is 28.3. The zero-order chi connectivity index (χ0) is 44.1. The Balaban J connectivity index is 7.90. The summed E-state index contributed by atoms with van der Waals surface area (Å²) in [6, 6.07) is 0. The number of hydrogen-bond donors (Lipinski definition) is 0. The minimum atomic E-state index is -8.40. The standard InChI is InChI=1S/C32H30F12O12/c1-7-20(45)51-13-18(19(56-25(50)12-6)14-52-21(46)8-2)27(33,34)29(37,38)31(41,42)32(43,44)30(39,40)28(35,36)26(15-53-22(47)9-3,16-54-23(48)10-4)17-55-24(49)11-5/h7-12,18-19H,1-6,13-17H2. The van der Waals surface area contributed by atoms with Gasteiger partial charge in [0.05, 0.1) is 0 Å². The molecule has 0 bridgehead atoms. The summed E-state index contributed by atoms with van der Waals surface area (Å²) in [4.78, 5) is 69.9. The van der Waals surface area contributed by atoms with Gasteiger partial charge in [-0.1, -0.05) is 39.5 Å². The Bertz CT molecular complexity index is 1500. The number of halogens is 12. The van der Waals surface area contributed by atoms with E-state index in [0.29, 0.717) is 0 Å². The van der Waals surface area contributed by atoms with E-state index in [4.69, 9.17) is 0 Å². The predicted octanol–water partition coefficient (Wildman–Crippen LogP) is 5.14. The first-order valence-electron chi connectivity index (χ1n) is 14.6. The minimum Gasteiger partial charge on any atom is -0.462 e. The van der Waals surface area contributed by atoms with Gasteiger partial charge in [0.15, 0.2) is 0 Å². The van der Waals surface area contributed by atoms with Crippen molar-refractivity contribution in [3.05, 3.63) is 75.9 Å². The number of alkyl halides is 12. The van der Waals surface area contributed by atoms with Crippen LogP contribution in [-0.2, 0) is 57.2 Å². The van der Waals surface area contributed by atoms with Crippen LogP contribution in [0, 0.1) is 11.3 Å². The Morgan fingerprint density at radius 3 is 1.04 bits per heavy atom. The fourth-order valence-corrected chi connectivity index (χ4v) is 3.90. The molecule has 314 valence electrons. The van der Waals surface area contributed by atoms with Crippen LogP contribution >= 0.6 is 0 Å². The number of carbonyl (C=O) groups excluding carboxylic acids is 6. The quantitative estimate of drug-likeness (QED) is 0.0517.